The molecule has 0 atom stereocenters. The first-order chi connectivity index (χ1) is 3.27. The van der Waals surface area contributed by atoms with Crippen molar-refractivity contribution >= 4 is 16.8 Å². The summed E-state index contributed by atoms with van der Waals surface area (Å²) in [7, 11) is 0. The Morgan fingerprint density at radius 2 is 2.29 bits per heavy atom. The molecular weight excluding hydrogens is 114 g/mol. The van der Waals surface area contributed by atoms with Crippen molar-refractivity contribution in [1.29, 1.82) is 5.41 Å². The molecule has 0 bridgehead atoms. The summed E-state index contributed by atoms with van der Waals surface area (Å²) in [6.45, 7) is 0.120. The lowest BCUT2D eigenvalue weighted by Crippen LogP contribution is -1.87. The van der Waals surface area contributed by atoms with Gasteiger partial charge in [-0.3, -0.25) is 5.41 Å². The smallest absolute Gasteiger partial charge is 0.0969 e. The van der Waals surface area contributed by atoms with Crippen LogP contribution in [0.3, 0.4) is 0 Å². The fraction of sp³-hybridized carbons (Fsp3) is 0.750. The Balaban J connectivity index is 2.82. The number of aliphatic hydroxyl groups is 1. The second kappa shape index (κ2) is 4.09. The molecule has 2 nitrogen and oxygen atoms in total. The van der Waals surface area contributed by atoms with Crippen molar-refractivity contribution in [2.75, 3.05) is 6.61 Å². The van der Waals surface area contributed by atoms with Crippen molar-refractivity contribution in [3.63, 3.8) is 0 Å². The summed E-state index contributed by atoms with van der Waals surface area (Å²) in [6, 6.07) is 0. The Morgan fingerprint density at radius 1 is 1.71 bits per heavy atom. The third-order valence-corrected chi connectivity index (χ3v) is 0.743. The summed E-state index contributed by atoms with van der Waals surface area (Å²) in [5.74, 6) is 0. The van der Waals surface area contributed by atoms with Crippen LogP contribution in [0.15, 0.2) is 0 Å². The summed E-state index contributed by atoms with van der Waals surface area (Å²) < 4.78 is 0. The largest absolute Gasteiger partial charge is 0.396 e. The van der Waals surface area contributed by atoms with Crippen molar-refractivity contribution in [3.05, 3.63) is 0 Å². The molecule has 2 N–H and O–H groups in total. The van der Waals surface area contributed by atoms with Crippen LogP contribution in [0.5, 0.6) is 0 Å². The van der Waals surface area contributed by atoms with E-state index in [1.54, 1.807) is 0 Å². The van der Waals surface area contributed by atoms with Crippen molar-refractivity contribution < 1.29 is 5.11 Å². The Labute approximate surface area is 47.6 Å². The lowest BCUT2D eigenvalue weighted by molar-refractivity contribution is 0.291. The van der Waals surface area contributed by atoms with Gasteiger partial charge in [0.25, 0.3) is 0 Å². The van der Waals surface area contributed by atoms with E-state index in [1.807, 2.05) is 0 Å². The highest BCUT2D eigenvalue weighted by molar-refractivity contribution is 6.64. The SMILES string of the molecule is N=C(Cl)CCCO. The van der Waals surface area contributed by atoms with E-state index in [1.165, 1.54) is 0 Å². The lowest BCUT2D eigenvalue weighted by Gasteiger charge is -1.87. The first-order valence-electron chi connectivity index (χ1n) is 2.11. The number of hydrogen-bond acceptors (Lipinski definition) is 2. The molecule has 0 aromatic heterocycles. The second-order valence-corrected chi connectivity index (χ2v) is 1.69. The maximum atomic E-state index is 8.16. The van der Waals surface area contributed by atoms with Crippen LogP contribution < -0.4 is 0 Å². The van der Waals surface area contributed by atoms with Gasteiger partial charge in [-0.1, -0.05) is 11.6 Å². The lowest BCUT2D eigenvalue weighted by atomic mass is 10.3. The highest BCUT2D eigenvalue weighted by Crippen LogP contribution is 1.92. The van der Waals surface area contributed by atoms with E-state index in [9.17, 15) is 0 Å². The van der Waals surface area contributed by atoms with E-state index in [2.05, 4.69) is 0 Å². The van der Waals surface area contributed by atoms with Crippen LogP contribution in [0, 0.1) is 5.41 Å². The summed E-state index contributed by atoms with van der Waals surface area (Å²) in [4.78, 5) is 0. The third-order valence-electron chi connectivity index (χ3n) is 0.554. The highest BCUT2D eigenvalue weighted by atomic mass is 35.5. The molecule has 3 heteroatoms. The molecule has 7 heavy (non-hydrogen) atoms. The Kier molecular flexibility index (Phi) is 4.04. The van der Waals surface area contributed by atoms with Gasteiger partial charge in [-0.05, 0) is 6.42 Å². The molecule has 0 unspecified atom stereocenters. The van der Waals surface area contributed by atoms with Gasteiger partial charge < -0.3 is 5.11 Å². The van der Waals surface area contributed by atoms with Crippen molar-refractivity contribution in [2.24, 2.45) is 0 Å². The molecule has 0 aromatic carbocycles. The molecule has 0 rings (SSSR count). The standard InChI is InChI=1S/C4H8ClNO/c5-4(6)2-1-3-7/h6-7H,1-3H2. The predicted octanol–water partition coefficient (Wildman–Crippen LogP) is 0.975. The molecule has 0 aromatic rings. The second-order valence-electron chi connectivity index (χ2n) is 1.23. The van der Waals surface area contributed by atoms with Crippen LogP contribution in [0.2, 0.25) is 0 Å². The molecule has 0 amide bonds. The molecular formula is C4H8ClNO. The molecule has 0 saturated carbocycles. The maximum absolute atomic E-state index is 8.16. The Hall–Kier alpha value is -0.0800. The molecule has 0 spiro atoms. The fourth-order valence-electron chi connectivity index (χ4n) is 0.234. The molecule has 0 radical (unpaired) electrons. The first-order valence-corrected chi connectivity index (χ1v) is 2.49. The van der Waals surface area contributed by atoms with Crippen LogP contribution in [-0.4, -0.2) is 16.9 Å². The van der Waals surface area contributed by atoms with E-state index >= 15 is 0 Å². The van der Waals surface area contributed by atoms with Crippen LogP contribution >= 0.6 is 11.6 Å². The van der Waals surface area contributed by atoms with Crippen LogP contribution in [0.4, 0.5) is 0 Å². The average Bonchev–Trinajstić information content (AvgIpc) is 1.61. The van der Waals surface area contributed by atoms with Gasteiger partial charge in [0.15, 0.2) is 0 Å². The van der Waals surface area contributed by atoms with Crippen molar-refractivity contribution in [2.45, 2.75) is 12.8 Å². The predicted molar refractivity (Wildman–Crippen MR) is 29.9 cm³/mol. The van der Waals surface area contributed by atoms with Crippen molar-refractivity contribution in [3.8, 4) is 0 Å². The van der Waals surface area contributed by atoms with E-state index in [0.29, 0.717) is 12.8 Å². The van der Waals surface area contributed by atoms with Gasteiger partial charge in [-0.25, -0.2) is 0 Å². The quantitative estimate of drug-likeness (QED) is 0.537. The number of halogens is 1. The van der Waals surface area contributed by atoms with E-state index < -0.39 is 0 Å². The van der Waals surface area contributed by atoms with Crippen molar-refractivity contribution in [1.82, 2.24) is 0 Å². The minimum absolute atomic E-state index is 0.119. The normalized spacial score (nSPS) is 8.86. The van der Waals surface area contributed by atoms with Crippen LogP contribution in [0.25, 0.3) is 0 Å². The number of hydrogen-bond donors (Lipinski definition) is 2. The zero-order valence-corrected chi connectivity index (χ0v) is 4.70. The molecule has 0 heterocycles. The van der Waals surface area contributed by atoms with E-state index in [4.69, 9.17) is 22.1 Å². The topological polar surface area (TPSA) is 44.1 Å². The van der Waals surface area contributed by atoms with E-state index in [-0.39, 0.29) is 11.8 Å². The highest BCUT2D eigenvalue weighted by Gasteiger charge is 1.86. The van der Waals surface area contributed by atoms with Gasteiger partial charge in [-0.2, -0.15) is 0 Å². The maximum Gasteiger partial charge on any atom is 0.0969 e. The molecule has 42 valence electrons. The first kappa shape index (κ1) is 6.92. The molecule has 0 aliphatic rings. The van der Waals surface area contributed by atoms with Gasteiger partial charge in [0.1, 0.15) is 0 Å². The average molecular weight is 122 g/mol. The van der Waals surface area contributed by atoms with Gasteiger partial charge in [-0.15, -0.1) is 0 Å². The number of nitrogens with one attached hydrogen (secondary N) is 1. The molecule has 0 aliphatic carbocycles. The van der Waals surface area contributed by atoms with Gasteiger partial charge in [0, 0.05) is 13.0 Å². The number of rotatable bonds is 3. The monoisotopic (exact) mass is 121 g/mol. The summed E-state index contributed by atoms with van der Waals surface area (Å²) >= 11 is 5.13. The number of aliphatic hydroxyl groups excluding tert-OH is 1. The van der Waals surface area contributed by atoms with Crippen LogP contribution in [0.1, 0.15) is 12.8 Å². The molecule has 0 aliphatic heterocycles. The van der Waals surface area contributed by atoms with E-state index in [0.717, 1.165) is 0 Å². The van der Waals surface area contributed by atoms with Gasteiger partial charge in [0.05, 0.1) is 5.17 Å². The molecule has 0 saturated heterocycles. The summed E-state index contributed by atoms with van der Waals surface area (Å²) in [5.41, 5.74) is 0. The minimum Gasteiger partial charge on any atom is -0.396 e. The summed E-state index contributed by atoms with van der Waals surface area (Å²) in [6.07, 6.45) is 1.10. The zero-order chi connectivity index (χ0) is 5.70. The Morgan fingerprint density at radius 3 is 2.43 bits per heavy atom. The van der Waals surface area contributed by atoms with Gasteiger partial charge >= 0.3 is 0 Å². The summed E-state index contributed by atoms with van der Waals surface area (Å²) in [5, 5.41) is 14.9. The van der Waals surface area contributed by atoms with Crippen LogP contribution in [-0.2, 0) is 0 Å². The fourth-order valence-corrected chi connectivity index (χ4v) is 0.368. The zero-order valence-electron chi connectivity index (χ0n) is 3.95. The van der Waals surface area contributed by atoms with Gasteiger partial charge in [0.2, 0.25) is 0 Å². The third kappa shape index (κ3) is 5.92. The Bertz CT molecular complexity index is 64.7. The minimum atomic E-state index is 0.119. The molecule has 0 fully saturated rings.